The second-order valence-electron chi connectivity index (χ2n) is 8.28. The van der Waals surface area contributed by atoms with Gasteiger partial charge in [-0.15, -0.1) is 0 Å². The predicted molar refractivity (Wildman–Crippen MR) is 124 cm³/mol. The number of amidine groups is 1. The van der Waals surface area contributed by atoms with Crippen molar-refractivity contribution in [2.45, 2.75) is 85.0 Å². The minimum atomic E-state index is -0.754. The number of aliphatic imine (C=N–C) groups is 1. The van der Waals surface area contributed by atoms with Crippen molar-refractivity contribution in [3.05, 3.63) is 29.8 Å². The molecule has 7 heteroatoms. The van der Waals surface area contributed by atoms with Gasteiger partial charge in [0, 0.05) is 18.2 Å². The highest BCUT2D eigenvalue weighted by molar-refractivity contribution is 6.08. The molecule has 168 valence electrons. The number of alkyl carbamates (subject to hydrolysis) is 1. The lowest BCUT2D eigenvalue weighted by Gasteiger charge is -2.31. The summed E-state index contributed by atoms with van der Waals surface area (Å²) in [4.78, 5) is 31.5. The third-order valence-electron chi connectivity index (χ3n) is 4.78. The molecule has 3 unspecified atom stereocenters. The van der Waals surface area contributed by atoms with Gasteiger partial charge in [-0.05, 0) is 45.7 Å². The van der Waals surface area contributed by atoms with Crippen LogP contribution in [0.15, 0.2) is 29.3 Å². The van der Waals surface area contributed by atoms with Crippen LogP contribution in [0.3, 0.4) is 0 Å². The number of rotatable bonds is 4. The van der Waals surface area contributed by atoms with Gasteiger partial charge in [-0.1, -0.05) is 44.9 Å². The maximum Gasteiger partial charge on any atom is 0.408 e. The second kappa shape index (κ2) is 10.3. The summed E-state index contributed by atoms with van der Waals surface area (Å²) in [5, 5.41) is 5.99. The molecule has 0 fully saturated rings. The van der Waals surface area contributed by atoms with E-state index in [4.69, 9.17) is 4.74 Å². The first kappa shape index (κ1) is 24.3. The third kappa shape index (κ3) is 6.00. The van der Waals surface area contributed by atoms with Gasteiger partial charge < -0.3 is 15.4 Å². The Kier molecular flexibility index (Phi) is 8.09. The number of carbonyl (C=O) groups is 2. The molecular formula is C24H34N4O3. The Labute approximate surface area is 185 Å². The number of benzene rings is 1. The Hall–Kier alpha value is -3.01. The summed E-state index contributed by atoms with van der Waals surface area (Å²) in [5.74, 6) is 3.50. The second-order valence-corrected chi connectivity index (χ2v) is 8.28. The van der Waals surface area contributed by atoms with Crippen molar-refractivity contribution in [1.29, 1.82) is 0 Å². The van der Waals surface area contributed by atoms with E-state index < -0.39 is 17.7 Å². The minimum absolute atomic E-state index is 0.0143. The number of fused-ring (bicyclic) bond motifs is 1. The largest absolute Gasteiger partial charge is 0.444 e. The van der Waals surface area contributed by atoms with Gasteiger partial charge in [0.15, 0.2) is 0 Å². The highest BCUT2D eigenvalue weighted by atomic mass is 16.6. The van der Waals surface area contributed by atoms with Gasteiger partial charge in [-0.25, -0.2) is 4.79 Å². The van der Waals surface area contributed by atoms with Crippen molar-refractivity contribution >= 4 is 23.5 Å². The molecule has 2 N–H and O–H groups in total. The Balaban J connectivity index is 0.00000166. The number of nitrogens with one attached hydrogen (secondary N) is 2. The molecule has 1 aromatic carbocycles. The van der Waals surface area contributed by atoms with E-state index in [-0.39, 0.29) is 18.0 Å². The van der Waals surface area contributed by atoms with Gasteiger partial charge in [0.05, 0.1) is 12.1 Å². The van der Waals surface area contributed by atoms with Crippen LogP contribution in [-0.2, 0) is 16.0 Å². The van der Waals surface area contributed by atoms with Gasteiger partial charge in [0.1, 0.15) is 17.5 Å². The SMILES string of the molecule is CC.CCC1C#CN=C(C2Cc3ccccc3N2C(=O)C(C)NC(=O)OC(C)(C)C)N1. The number of ether oxygens (including phenoxy) is 1. The molecule has 7 nitrogen and oxygen atoms in total. The summed E-state index contributed by atoms with van der Waals surface area (Å²) in [7, 11) is 0. The molecule has 3 atom stereocenters. The number of para-hydroxylation sites is 1. The summed E-state index contributed by atoms with van der Waals surface area (Å²) in [6.45, 7) is 13.1. The number of carbonyl (C=O) groups excluding carboxylic acids is 2. The lowest BCUT2D eigenvalue weighted by atomic mass is 10.1. The Morgan fingerprint density at radius 1 is 1.32 bits per heavy atom. The average Bonchev–Trinajstić information content (AvgIpc) is 3.12. The lowest BCUT2D eigenvalue weighted by molar-refractivity contribution is -0.120. The molecule has 0 aliphatic carbocycles. The third-order valence-corrected chi connectivity index (χ3v) is 4.78. The summed E-state index contributed by atoms with van der Waals surface area (Å²) in [5.41, 5.74) is 1.26. The normalized spacial score (nSPS) is 20.0. The summed E-state index contributed by atoms with van der Waals surface area (Å²) in [6, 6.07) is 9.59. The van der Waals surface area contributed by atoms with E-state index >= 15 is 0 Å². The van der Waals surface area contributed by atoms with Crippen LogP contribution in [0.4, 0.5) is 10.5 Å². The highest BCUT2D eigenvalue weighted by Gasteiger charge is 2.40. The monoisotopic (exact) mass is 426 g/mol. The standard InChI is InChI=1S/C22H28N4O3.C2H6/c1-6-16-11-12-23-19(25-16)18-13-15-9-7-8-10-17(15)26(18)20(27)14(2)24-21(28)29-22(3,4)5;1-2/h7-10,14,16,18H,6,13H2,1-5H3,(H,23,25)(H,24,28);1-2H3. The van der Waals surface area contributed by atoms with Gasteiger partial charge in [0.2, 0.25) is 5.91 Å². The van der Waals surface area contributed by atoms with Crippen LogP contribution in [0.2, 0.25) is 0 Å². The quantitative estimate of drug-likeness (QED) is 0.721. The van der Waals surface area contributed by atoms with E-state index in [0.717, 1.165) is 17.7 Å². The number of anilines is 1. The van der Waals surface area contributed by atoms with Gasteiger partial charge in [-0.3, -0.25) is 9.69 Å². The zero-order valence-electron chi connectivity index (χ0n) is 19.6. The van der Waals surface area contributed by atoms with E-state index in [0.29, 0.717) is 12.3 Å². The molecule has 2 aliphatic rings. The Bertz CT molecular complexity index is 892. The Morgan fingerprint density at radius 3 is 2.65 bits per heavy atom. The fourth-order valence-corrected chi connectivity index (χ4v) is 3.42. The molecule has 0 radical (unpaired) electrons. The highest BCUT2D eigenvalue weighted by Crippen LogP contribution is 2.33. The number of amides is 2. The number of hydrogen-bond acceptors (Lipinski definition) is 5. The molecule has 0 saturated carbocycles. The number of hydrogen-bond donors (Lipinski definition) is 2. The van der Waals surface area contributed by atoms with Gasteiger partial charge in [0.25, 0.3) is 0 Å². The molecule has 2 amide bonds. The molecular weight excluding hydrogens is 392 g/mol. The van der Waals surface area contributed by atoms with E-state index in [1.54, 1.807) is 32.6 Å². The summed E-state index contributed by atoms with van der Waals surface area (Å²) in [6.07, 6.45) is 0.869. The molecule has 0 aromatic heterocycles. The molecule has 2 aliphatic heterocycles. The van der Waals surface area contributed by atoms with Crippen LogP contribution in [0.25, 0.3) is 0 Å². The van der Waals surface area contributed by atoms with Crippen LogP contribution in [0, 0.1) is 12.0 Å². The van der Waals surface area contributed by atoms with Crippen molar-refractivity contribution < 1.29 is 14.3 Å². The maximum absolute atomic E-state index is 13.4. The van der Waals surface area contributed by atoms with E-state index in [1.807, 2.05) is 38.1 Å². The zero-order valence-corrected chi connectivity index (χ0v) is 19.6. The van der Waals surface area contributed by atoms with Crippen molar-refractivity contribution in [2.24, 2.45) is 4.99 Å². The van der Waals surface area contributed by atoms with Gasteiger partial charge in [-0.2, -0.15) is 4.99 Å². The molecule has 3 rings (SSSR count). The number of nitrogens with zero attached hydrogens (tertiary/aromatic N) is 2. The van der Waals surface area contributed by atoms with E-state index in [9.17, 15) is 9.59 Å². The first-order valence-corrected chi connectivity index (χ1v) is 10.9. The van der Waals surface area contributed by atoms with E-state index in [2.05, 4.69) is 34.5 Å². The average molecular weight is 427 g/mol. The molecule has 1 aromatic rings. The van der Waals surface area contributed by atoms with Crippen LogP contribution < -0.4 is 15.5 Å². The summed E-state index contributed by atoms with van der Waals surface area (Å²) < 4.78 is 5.29. The van der Waals surface area contributed by atoms with Crippen molar-refractivity contribution in [3.63, 3.8) is 0 Å². The lowest BCUT2D eigenvalue weighted by Crippen LogP contribution is -2.55. The van der Waals surface area contributed by atoms with Gasteiger partial charge >= 0.3 is 6.09 Å². The first-order valence-electron chi connectivity index (χ1n) is 10.9. The van der Waals surface area contributed by atoms with Crippen LogP contribution in [-0.4, -0.2) is 41.6 Å². The van der Waals surface area contributed by atoms with Crippen LogP contribution in [0.5, 0.6) is 0 Å². The van der Waals surface area contributed by atoms with E-state index in [1.165, 1.54) is 0 Å². The fraction of sp³-hybridized carbons (Fsp3) is 0.542. The maximum atomic E-state index is 13.4. The molecule has 2 heterocycles. The summed E-state index contributed by atoms with van der Waals surface area (Å²) >= 11 is 0. The molecule has 31 heavy (non-hydrogen) atoms. The van der Waals surface area contributed by atoms with Crippen LogP contribution >= 0.6 is 0 Å². The molecule has 0 bridgehead atoms. The minimum Gasteiger partial charge on any atom is -0.444 e. The Morgan fingerprint density at radius 2 is 2.00 bits per heavy atom. The predicted octanol–water partition coefficient (Wildman–Crippen LogP) is 3.62. The topological polar surface area (TPSA) is 83.0 Å². The zero-order chi connectivity index (χ0) is 23.2. The smallest absolute Gasteiger partial charge is 0.408 e. The van der Waals surface area contributed by atoms with Crippen LogP contribution in [0.1, 0.15) is 60.5 Å². The first-order chi connectivity index (χ1) is 14.7. The fourth-order valence-electron chi connectivity index (χ4n) is 3.42. The van der Waals surface area contributed by atoms with Crippen molar-refractivity contribution in [1.82, 2.24) is 10.6 Å². The van der Waals surface area contributed by atoms with Crippen molar-refractivity contribution in [2.75, 3.05) is 4.90 Å². The van der Waals surface area contributed by atoms with Crippen molar-refractivity contribution in [3.8, 4) is 12.0 Å². The molecule has 0 saturated heterocycles. The molecule has 0 spiro atoms.